The zero-order valence-electron chi connectivity index (χ0n) is 19.1. The highest BCUT2D eigenvalue weighted by molar-refractivity contribution is 7.91. The van der Waals surface area contributed by atoms with Gasteiger partial charge in [-0.1, -0.05) is 42.5 Å². The van der Waals surface area contributed by atoms with Gasteiger partial charge in [0.2, 0.25) is 9.84 Å². The fraction of sp³-hybridized carbons (Fsp3) is 0.269. The number of rotatable bonds is 7. The van der Waals surface area contributed by atoms with Gasteiger partial charge in [-0.3, -0.25) is 0 Å². The van der Waals surface area contributed by atoms with E-state index in [0.717, 1.165) is 11.1 Å². The average Bonchev–Trinajstić information content (AvgIpc) is 2.76. The van der Waals surface area contributed by atoms with Crippen molar-refractivity contribution in [3.05, 3.63) is 90.0 Å². The van der Waals surface area contributed by atoms with Gasteiger partial charge >= 0.3 is 6.09 Å². The molecule has 174 valence electrons. The number of phenols is 1. The number of hydrogen-bond acceptors (Lipinski definition) is 5. The molecular formula is C26H29NO5S. The van der Waals surface area contributed by atoms with Crippen LogP contribution in [0.2, 0.25) is 0 Å². The lowest BCUT2D eigenvalue weighted by molar-refractivity contribution is 0.0235. The van der Waals surface area contributed by atoms with Crippen molar-refractivity contribution >= 4 is 15.9 Å². The number of benzene rings is 3. The molecule has 0 spiro atoms. The molecule has 0 aliphatic heterocycles. The molecule has 0 aliphatic carbocycles. The molecule has 0 saturated heterocycles. The van der Waals surface area contributed by atoms with Crippen molar-refractivity contribution in [2.75, 3.05) is 6.54 Å². The maximum atomic E-state index is 13.0. The third-order valence-corrected chi connectivity index (χ3v) is 6.66. The van der Waals surface area contributed by atoms with Crippen LogP contribution in [0.4, 0.5) is 4.79 Å². The van der Waals surface area contributed by atoms with Crippen molar-refractivity contribution in [1.29, 1.82) is 0 Å². The van der Waals surface area contributed by atoms with Crippen molar-refractivity contribution in [3.63, 3.8) is 0 Å². The Morgan fingerprint density at radius 1 is 0.879 bits per heavy atom. The van der Waals surface area contributed by atoms with Crippen LogP contribution in [0.15, 0.2) is 88.7 Å². The van der Waals surface area contributed by atoms with Crippen molar-refractivity contribution in [2.24, 2.45) is 0 Å². The Bertz CT molecular complexity index is 1180. The first kappa shape index (κ1) is 24.3. The van der Waals surface area contributed by atoms with E-state index in [1.165, 1.54) is 24.3 Å². The number of phenolic OH excluding ortho intramolecular Hbond substituents is 1. The number of aromatic hydroxyl groups is 1. The van der Waals surface area contributed by atoms with Crippen molar-refractivity contribution in [3.8, 4) is 5.75 Å². The quantitative estimate of drug-likeness (QED) is 0.516. The zero-order valence-corrected chi connectivity index (χ0v) is 19.9. The van der Waals surface area contributed by atoms with Gasteiger partial charge in [0.15, 0.2) is 0 Å². The van der Waals surface area contributed by atoms with Gasteiger partial charge in [-0.05, 0) is 74.7 Å². The Kier molecular flexibility index (Phi) is 7.43. The molecule has 1 amide bonds. The van der Waals surface area contributed by atoms with E-state index in [1.807, 2.05) is 57.2 Å². The molecule has 0 heterocycles. The fourth-order valence-electron chi connectivity index (χ4n) is 3.26. The minimum atomic E-state index is -3.72. The second-order valence-corrected chi connectivity index (χ2v) is 10.7. The molecule has 7 heteroatoms. The van der Waals surface area contributed by atoms with Crippen LogP contribution >= 0.6 is 0 Å². The summed E-state index contributed by atoms with van der Waals surface area (Å²) in [4.78, 5) is 14.7. The fourth-order valence-corrected chi connectivity index (χ4v) is 4.59. The Morgan fingerprint density at radius 2 is 1.52 bits per heavy atom. The first-order valence-corrected chi connectivity index (χ1v) is 12.2. The zero-order chi connectivity index (χ0) is 24.1. The topological polar surface area (TPSA) is 83.9 Å². The van der Waals surface area contributed by atoms with Crippen LogP contribution in [0, 0.1) is 0 Å². The van der Waals surface area contributed by atoms with E-state index in [9.17, 15) is 18.3 Å². The summed E-state index contributed by atoms with van der Waals surface area (Å²) in [7, 11) is -3.72. The standard InChI is InChI=1S/C26H29NO5S/c1-26(2,3)32-25(29)27(19-21-8-5-4-6-9-21)17-16-20-10-7-11-24(18-20)33(30,31)23-14-12-22(28)13-15-23/h4-15,18,28H,16-17,19H2,1-3H3. The maximum Gasteiger partial charge on any atom is 0.410 e. The summed E-state index contributed by atoms with van der Waals surface area (Å²) in [5.41, 5.74) is 1.15. The Morgan fingerprint density at radius 3 is 2.15 bits per heavy atom. The molecule has 3 aromatic carbocycles. The summed E-state index contributed by atoms with van der Waals surface area (Å²) in [5, 5.41) is 9.44. The number of hydrogen-bond donors (Lipinski definition) is 1. The van der Waals surface area contributed by atoms with Crippen LogP contribution in [0.1, 0.15) is 31.9 Å². The molecule has 0 aromatic heterocycles. The van der Waals surface area contributed by atoms with Gasteiger partial charge < -0.3 is 14.7 Å². The molecule has 3 aromatic rings. The van der Waals surface area contributed by atoms with E-state index in [1.54, 1.807) is 23.1 Å². The molecule has 1 N–H and O–H groups in total. The van der Waals surface area contributed by atoms with Gasteiger partial charge in [-0.2, -0.15) is 0 Å². The molecule has 0 aliphatic rings. The third-order valence-electron chi connectivity index (χ3n) is 4.89. The minimum Gasteiger partial charge on any atom is -0.508 e. The van der Waals surface area contributed by atoms with Crippen molar-refractivity contribution in [1.82, 2.24) is 4.90 Å². The first-order valence-electron chi connectivity index (χ1n) is 10.7. The van der Waals surface area contributed by atoms with E-state index < -0.39 is 21.5 Å². The summed E-state index contributed by atoms with van der Waals surface area (Å²) in [6, 6.07) is 21.8. The summed E-state index contributed by atoms with van der Waals surface area (Å²) < 4.78 is 31.5. The van der Waals surface area contributed by atoms with Gasteiger partial charge in [0.05, 0.1) is 9.79 Å². The van der Waals surface area contributed by atoms with E-state index in [4.69, 9.17) is 4.74 Å². The molecule has 0 bridgehead atoms. The van der Waals surface area contributed by atoms with Gasteiger partial charge in [0.1, 0.15) is 11.4 Å². The SMILES string of the molecule is CC(C)(C)OC(=O)N(CCc1cccc(S(=O)(=O)c2ccc(O)cc2)c1)Cc1ccccc1. The van der Waals surface area contributed by atoms with Crippen molar-refractivity contribution < 1.29 is 23.1 Å². The normalized spacial score (nSPS) is 11.7. The smallest absolute Gasteiger partial charge is 0.410 e. The Balaban J connectivity index is 1.79. The predicted octanol–water partition coefficient (Wildman–Crippen LogP) is 5.20. The van der Waals surface area contributed by atoms with E-state index >= 15 is 0 Å². The number of sulfone groups is 1. The minimum absolute atomic E-state index is 0.00310. The molecule has 0 fully saturated rings. The number of nitrogens with zero attached hydrogens (tertiary/aromatic N) is 1. The summed E-state index contributed by atoms with van der Waals surface area (Å²) in [5.74, 6) is 0.00310. The summed E-state index contributed by atoms with van der Waals surface area (Å²) in [6.07, 6.45) is 0.0459. The lowest BCUT2D eigenvalue weighted by atomic mass is 10.1. The van der Waals surface area contributed by atoms with Crippen LogP contribution in [0.5, 0.6) is 5.75 Å². The lowest BCUT2D eigenvalue weighted by Gasteiger charge is -2.27. The lowest BCUT2D eigenvalue weighted by Crippen LogP contribution is -2.37. The Labute approximate surface area is 195 Å². The van der Waals surface area contributed by atoms with E-state index in [2.05, 4.69) is 0 Å². The second-order valence-electron chi connectivity index (χ2n) is 8.78. The highest BCUT2D eigenvalue weighted by Crippen LogP contribution is 2.24. The van der Waals surface area contributed by atoms with Gasteiger partial charge in [-0.15, -0.1) is 0 Å². The van der Waals surface area contributed by atoms with Gasteiger partial charge in [-0.25, -0.2) is 13.2 Å². The molecule has 0 unspecified atom stereocenters. The molecule has 0 atom stereocenters. The van der Waals surface area contributed by atoms with E-state index in [0.29, 0.717) is 19.5 Å². The second kappa shape index (κ2) is 10.1. The van der Waals surface area contributed by atoms with Crippen LogP contribution in [0.25, 0.3) is 0 Å². The third kappa shape index (κ3) is 6.83. The number of ether oxygens (including phenoxy) is 1. The van der Waals surface area contributed by atoms with Crippen LogP contribution < -0.4 is 0 Å². The van der Waals surface area contributed by atoms with Gasteiger partial charge in [0, 0.05) is 13.1 Å². The molecule has 33 heavy (non-hydrogen) atoms. The monoisotopic (exact) mass is 467 g/mol. The summed E-state index contributed by atoms with van der Waals surface area (Å²) >= 11 is 0. The molecule has 3 rings (SSSR count). The van der Waals surface area contributed by atoms with Crippen LogP contribution in [0.3, 0.4) is 0 Å². The average molecular weight is 468 g/mol. The molecular weight excluding hydrogens is 438 g/mol. The number of amides is 1. The van der Waals surface area contributed by atoms with E-state index in [-0.39, 0.29) is 15.5 Å². The van der Waals surface area contributed by atoms with Crippen LogP contribution in [-0.4, -0.2) is 36.7 Å². The van der Waals surface area contributed by atoms with Crippen molar-refractivity contribution in [2.45, 2.75) is 49.1 Å². The highest BCUT2D eigenvalue weighted by atomic mass is 32.2. The van der Waals surface area contributed by atoms with Gasteiger partial charge in [0.25, 0.3) is 0 Å². The highest BCUT2D eigenvalue weighted by Gasteiger charge is 2.23. The number of carbonyl (C=O) groups is 1. The maximum absolute atomic E-state index is 13.0. The molecule has 0 saturated carbocycles. The number of carbonyl (C=O) groups excluding carboxylic acids is 1. The largest absolute Gasteiger partial charge is 0.508 e. The Hall–Kier alpha value is -3.32. The summed E-state index contributed by atoms with van der Waals surface area (Å²) in [6.45, 7) is 6.23. The molecule has 6 nitrogen and oxygen atoms in total. The first-order chi connectivity index (χ1) is 15.5. The predicted molar refractivity (Wildman–Crippen MR) is 127 cm³/mol. The van der Waals surface area contributed by atoms with Crippen LogP contribution in [-0.2, 0) is 27.5 Å². The molecule has 0 radical (unpaired) electrons.